The number of fused-ring (bicyclic) bond motifs is 1. The molecule has 0 aliphatic carbocycles. The van der Waals surface area contributed by atoms with Crippen LogP contribution in [-0.4, -0.2) is 37.3 Å². The first-order valence-corrected chi connectivity index (χ1v) is 7.76. The maximum absolute atomic E-state index is 12.7. The molecule has 1 amide bonds. The van der Waals surface area contributed by atoms with Gasteiger partial charge in [-0.15, -0.1) is 0 Å². The van der Waals surface area contributed by atoms with Crippen molar-refractivity contribution >= 4 is 16.9 Å². The molecule has 6 heteroatoms. The smallest absolute Gasteiger partial charge is 0.274 e. The zero-order chi connectivity index (χ0) is 15.8. The van der Waals surface area contributed by atoms with E-state index in [-0.39, 0.29) is 11.9 Å². The van der Waals surface area contributed by atoms with Gasteiger partial charge < -0.3 is 9.88 Å². The molecule has 1 atom stereocenters. The van der Waals surface area contributed by atoms with Gasteiger partial charge in [-0.25, -0.2) is 9.97 Å². The summed E-state index contributed by atoms with van der Waals surface area (Å²) in [6.45, 7) is 2.57. The van der Waals surface area contributed by atoms with Crippen molar-refractivity contribution < 1.29 is 4.79 Å². The summed E-state index contributed by atoms with van der Waals surface area (Å²) in [6, 6.07) is 7.88. The van der Waals surface area contributed by atoms with E-state index in [1.807, 2.05) is 36.1 Å². The van der Waals surface area contributed by atoms with Gasteiger partial charge in [-0.3, -0.25) is 9.78 Å². The van der Waals surface area contributed by atoms with Crippen molar-refractivity contribution in [3.63, 3.8) is 0 Å². The van der Waals surface area contributed by atoms with Gasteiger partial charge in [0.15, 0.2) is 0 Å². The van der Waals surface area contributed by atoms with Gasteiger partial charge in [-0.1, -0.05) is 12.1 Å². The van der Waals surface area contributed by atoms with Crippen LogP contribution in [0.25, 0.3) is 11.0 Å². The van der Waals surface area contributed by atoms with E-state index in [1.54, 1.807) is 12.4 Å². The first kappa shape index (κ1) is 13.9. The quantitative estimate of drug-likeness (QED) is 0.789. The molecule has 0 spiro atoms. The molecule has 0 radical (unpaired) electrons. The Hall–Kier alpha value is -2.76. The van der Waals surface area contributed by atoms with Crippen molar-refractivity contribution in [1.29, 1.82) is 0 Å². The maximum Gasteiger partial charge on any atom is 0.274 e. The van der Waals surface area contributed by atoms with E-state index in [4.69, 9.17) is 0 Å². The Kier molecular flexibility index (Phi) is 3.29. The third-order valence-corrected chi connectivity index (χ3v) is 4.24. The van der Waals surface area contributed by atoms with Crippen molar-refractivity contribution in [2.24, 2.45) is 0 Å². The fourth-order valence-corrected chi connectivity index (χ4v) is 3.07. The summed E-state index contributed by atoms with van der Waals surface area (Å²) in [5.74, 6) is 0.762. The predicted octanol–water partition coefficient (Wildman–Crippen LogP) is 2.64. The minimum Gasteiger partial charge on any atom is -0.340 e. The topological polar surface area (TPSA) is 74.8 Å². The van der Waals surface area contributed by atoms with Crippen LogP contribution in [-0.2, 0) is 0 Å². The maximum atomic E-state index is 12.7. The van der Waals surface area contributed by atoms with Crippen LogP contribution in [0.15, 0.2) is 36.7 Å². The number of para-hydroxylation sites is 2. The van der Waals surface area contributed by atoms with Gasteiger partial charge >= 0.3 is 0 Å². The number of nitrogens with zero attached hydrogens (tertiary/aromatic N) is 4. The van der Waals surface area contributed by atoms with Gasteiger partial charge in [0.05, 0.1) is 29.0 Å². The second-order valence-electron chi connectivity index (χ2n) is 5.84. The van der Waals surface area contributed by atoms with Crippen LogP contribution < -0.4 is 0 Å². The molecule has 1 N–H and O–H groups in total. The lowest BCUT2D eigenvalue weighted by Crippen LogP contribution is -2.31. The number of carbonyl (C=O) groups excluding carboxylic acids is 1. The number of H-pyrrole nitrogens is 1. The number of aromatic amines is 1. The summed E-state index contributed by atoms with van der Waals surface area (Å²) >= 11 is 0. The van der Waals surface area contributed by atoms with E-state index in [9.17, 15) is 4.79 Å². The Morgan fingerprint density at radius 2 is 2.13 bits per heavy atom. The minimum absolute atomic E-state index is 0.0296. The Labute approximate surface area is 133 Å². The van der Waals surface area contributed by atoms with Crippen LogP contribution in [0, 0.1) is 6.92 Å². The molecule has 0 bridgehead atoms. The summed E-state index contributed by atoms with van der Waals surface area (Å²) in [5, 5.41) is 0. The number of amides is 1. The second kappa shape index (κ2) is 5.46. The number of carbonyl (C=O) groups is 1. The Morgan fingerprint density at radius 1 is 1.26 bits per heavy atom. The molecule has 0 unspecified atom stereocenters. The van der Waals surface area contributed by atoms with Crippen molar-refractivity contribution in [3.8, 4) is 0 Å². The fraction of sp³-hybridized carbons (Fsp3) is 0.294. The SMILES string of the molecule is Cc1cnc(C(=O)N2CCC[C@H]2c2nc3ccccc3[nH]2)cn1. The Morgan fingerprint density at radius 3 is 2.91 bits per heavy atom. The molecule has 1 saturated heterocycles. The first-order valence-electron chi connectivity index (χ1n) is 7.76. The molecule has 3 aromatic rings. The lowest BCUT2D eigenvalue weighted by Gasteiger charge is -2.22. The van der Waals surface area contributed by atoms with Crippen LogP contribution in [0.2, 0.25) is 0 Å². The highest BCUT2D eigenvalue weighted by Crippen LogP contribution is 2.32. The normalized spacial score (nSPS) is 17.8. The lowest BCUT2D eigenvalue weighted by molar-refractivity contribution is 0.0724. The van der Waals surface area contributed by atoms with E-state index in [2.05, 4.69) is 19.9 Å². The molecule has 1 aromatic carbocycles. The summed E-state index contributed by atoms with van der Waals surface area (Å²) in [7, 11) is 0. The van der Waals surface area contributed by atoms with Crippen molar-refractivity contribution in [3.05, 3.63) is 53.9 Å². The highest BCUT2D eigenvalue weighted by molar-refractivity contribution is 5.92. The molecule has 3 heterocycles. The zero-order valence-electron chi connectivity index (χ0n) is 12.9. The summed E-state index contributed by atoms with van der Waals surface area (Å²) in [4.78, 5) is 31.0. The van der Waals surface area contributed by atoms with Crippen molar-refractivity contribution in [2.75, 3.05) is 6.54 Å². The number of likely N-dealkylation sites (tertiary alicyclic amines) is 1. The average Bonchev–Trinajstić information content (AvgIpc) is 3.21. The minimum atomic E-state index is -0.0829. The van der Waals surface area contributed by atoms with Gasteiger partial charge in [-0.2, -0.15) is 0 Å². The summed E-state index contributed by atoms with van der Waals surface area (Å²) in [5.41, 5.74) is 3.12. The van der Waals surface area contributed by atoms with E-state index in [0.29, 0.717) is 5.69 Å². The number of hydrogen-bond acceptors (Lipinski definition) is 4. The monoisotopic (exact) mass is 307 g/mol. The predicted molar refractivity (Wildman–Crippen MR) is 85.9 cm³/mol. The number of aryl methyl sites for hydroxylation is 1. The highest BCUT2D eigenvalue weighted by atomic mass is 16.2. The Balaban J connectivity index is 1.65. The number of rotatable bonds is 2. The van der Waals surface area contributed by atoms with E-state index >= 15 is 0 Å². The molecule has 116 valence electrons. The summed E-state index contributed by atoms with van der Waals surface area (Å²) < 4.78 is 0. The van der Waals surface area contributed by atoms with Crippen molar-refractivity contribution in [1.82, 2.24) is 24.8 Å². The average molecular weight is 307 g/mol. The van der Waals surface area contributed by atoms with Gasteiger partial charge in [-0.05, 0) is 31.9 Å². The van der Waals surface area contributed by atoms with Gasteiger partial charge in [0.1, 0.15) is 11.5 Å². The van der Waals surface area contributed by atoms with Gasteiger partial charge in [0.2, 0.25) is 0 Å². The fourth-order valence-electron chi connectivity index (χ4n) is 3.07. The molecule has 0 saturated carbocycles. The number of hydrogen-bond donors (Lipinski definition) is 1. The van der Waals surface area contributed by atoms with Crippen LogP contribution in [0.1, 0.15) is 40.9 Å². The summed E-state index contributed by atoms with van der Waals surface area (Å²) in [6.07, 6.45) is 5.04. The largest absolute Gasteiger partial charge is 0.340 e. The lowest BCUT2D eigenvalue weighted by atomic mass is 10.2. The molecule has 4 rings (SSSR count). The van der Waals surface area contributed by atoms with Crippen LogP contribution in [0.3, 0.4) is 0 Å². The zero-order valence-corrected chi connectivity index (χ0v) is 12.9. The second-order valence-corrected chi connectivity index (χ2v) is 5.84. The third-order valence-electron chi connectivity index (χ3n) is 4.24. The molecule has 1 aliphatic heterocycles. The number of imidazole rings is 1. The van der Waals surface area contributed by atoms with Gasteiger partial charge in [0, 0.05) is 12.7 Å². The molecule has 1 fully saturated rings. The van der Waals surface area contributed by atoms with Gasteiger partial charge in [0.25, 0.3) is 5.91 Å². The molecular weight excluding hydrogens is 290 g/mol. The van der Waals surface area contributed by atoms with Crippen LogP contribution in [0.4, 0.5) is 0 Å². The standard InChI is InChI=1S/C17H17N5O/c1-11-9-19-14(10-18-11)17(23)22-8-4-7-15(22)16-20-12-5-2-3-6-13(12)21-16/h2-3,5-6,9-10,15H,4,7-8H2,1H3,(H,20,21)/t15-/m0/s1. The first-order chi connectivity index (χ1) is 11.2. The molecule has 23 heavy (non-hydrogen) atoms. The van der Waals surface area contributed by atoms with E-state index in [0.717, 1.165) is 41.9 Å². The van der Waals surface area contributed by atoms with Crippen molar-refractivity contribution in [2.45, 2.75) is 25.8 Å². The van der Waals surface area contributed by atoms with E-state index < -0.39 is 0 Å². The number of aromatic nitrogens is 4. The molecule has 1 aliphatic rings. The highest BCUT2D eigenvalue weighted by Gasteiger charge is 2.33. The number of benzene rings is 1. The van der Waals surface area contributed by atoms with Crippen LogP contribution in [0.5, 0.6) is 0 Å². The van der Waals surface area contributed by atoms with E-state index in [1.165, 1.54) is 0 Å². The molecule has 6 nitrogen and oxygen atoms in total. The molecular formula is C17H17N5O. The molecule has 2 aromatic heterocycles. The van der Waals surface area contributed by atoms with Crippen LogP contribution >= 0.6 is 0 Å². The third kappa shape index (κ3) is 2.46. The Bertz CT molecular complexity index is 822. The number of nitrogens with one attached hydrogen (secondary N) is 1.